The molecule has 0 aromatic carbocycles. The molecule has 2 unspecified atom stereocenters. The number of hydrogen-bond donors (Lipinski definition) is 1. The monoisotopic (exact) mass is 143 g/mol. The molecule has 0 spiro atoms. The molecule has 2 bridgehead atoms. The van der Waals surface area contributed by atoms with Gasteiger partial charge in [-0.2, -0.15) is 0 Å². The highest BCUT2D eigenvalue weighted by atomic mass is 16.6. The average Bonchev–Trinajstić information content (AvgIpc) is 1.87. The first kappa shape index (κ1) is 6.58. The van der Waals surface area contributed by atoms with E-state index in [-0.39, 0.29) is 0 Å². The first-order valence-corrected chi connectivity index (χ1v) is 3.85. The van der Waals surface area contributed by atoms with Gasteiger partial charge in [-0.05, 0) is 25.2 Å². The summed E-state index contributed by atoms with van der Waals surface area (Å²) in [5, 5.41) is 0. The van der Waals surface area contributed by atoms with Crippen LogP contribution < -0.4 is 5.90 Å². The van der Waals surface area contributed by atoms with Gasteiger partial charge in [-0.1, -0.05) is 0 Å². The molecule has 58 valence electrons. The van der Waals surface area contributed by atoms with Gasteiger partial charge in [-0.15, -0.1) is 0 Å². The van der Waals surface area contributed by atoms with Gasteiger partial charge in [-0.3, -0.25) is 0 Å². The number of nitrogens with two attached hydrogens (primary N) is 1. The van der Waals surface area contributed by atoms with Crippen LogP contribution in [-0.2, 0) is 9.57 Å². The second-order valence-electron chi connectivity index (χ2n) is 3.29. The third-order valence-electron chi connectivity index (χ3n) is 2.44. The van der Waals surface area contributed by atoms with E-state index in [1.165, 1.54) is 6.42 Å². The fourth-order valence-corrected chi connectivity index (χ4v) is 1.97. The van der Waals surface area contributed by atoms with Crippen molar-refractivity contribution in [3.05, 3.63) is 0 Å². The first-order chi connectivity index (χ1) is 4.88. The van der Waals surface area contributed by atoms with Crippen molar-refractivity contribution in [2.24, 2.45) is 11.8 Å². The Morgan fingerprint density at radius 3 is 2.40 bits per heavy atom. The van der Waals surface area contributed by atoms with Crippen LogP contribution in [-0.4, -0.2) is 18.8 Å². The highest BCUT2D eigenvalue weighted by Gasteiger charge is 2.39. The van der Waals surface area contributed by atoms with Crippen molar-refractivity contribution in [2.45, 2.75) is 31.5 Å². The lowest BCUT2D eigenvalue weighted by molar-refractivity contribution is -0.179. The van der Waals surface area contributed by atoms with E-state index in [9.17, 15) is 0 Å². The van der Waals surface area contributed by atoms with E-state index in [0.717, 1.165) is 12.8 Å². The van der Waals surface area contributed by atoms with Crippen molar-refractivity contribution in [1.29, 1.82) is 0 Å². The highest BCUT2D eigenvalue weighted by Crippen LogP contribution is 2.37. The van der Waals surface area contributed by atoms with E-state index >= 15 is 0 Å². The van der Waals surface area contributed by atoms with Crippen molar-refractivity contribution >= 4 is 0 Å². The minimum absolute atomic E-state index is 0.527. The van der Waals surface area contributed by atoms with Gasteiger partial charge >= 0.3 is 0 Å². The summed E-state index contributed by atoms with van der Waals surface area (Å²) in [5.41, 5.74) is 0. The van der Waals surface area contributed by atoms with Crippen LogP contribution in [0.3, 0.4) is 0 Å². The summed E-state index contributed by atoms with van der Waals surface area (Å²) in [6.07, 6.45) is 4.61. The van der Waals surface area contributed by atoms with E-state index in [1.54, 1.807) is 0 Å². The molecule has 0 amide bonds. The maximum atomic E-state index is 5.46. The summed E-state index contributed by atoms with van der Waals surface area (Å²) >= 11 is 0. The van der Waals surface area contributed by atoms with Crippen molar-refractivity contribution in [3.8, 4) is 0 Å². The van der Waals surface area contributed by atoms with Crippen LogP contribution in [0.5, 0.6) is 0 Å². The third kappa shape index (κ3) is 1.05. The predicted octanol–water partition coefficient (Wildman–Crippen LogP) is 0.444. The van der Waals surface area contributed by atoms with Crippen LogP contribution in [0.2, 0.25) is 0 Å². The smallest absolute Gasteiger partial charge is 0.0709 e. The molecule has 0 radical (unpaired) electrons. The molecule has 3 fully saturated rings. The van der Waals surface area contributed by atoms with E-state index in [2.05, 4.69) is 4.84 Å². The van der Waals surface area contributed by atoms with Crippen LogP contribution in [0.4, 0.5) is 0 Å². The minimum atomic E-state index is 0.527. The Morgan fingerprint density at radius 2 is 1.90 bits per heavy atom. The molecule has 3 heteroatoms. The Balaban J connectivity index is 1.80. The molecule has 2 saturated heterocycles. The molecular weight excluding hydrogens is 130 g/mol. The van der Waals surface area contributed by atoms with Crippen LogP contribution in [0.25, 0.3) is 0 Å². The van der Waals surface area contributed by atoms with Crippen LogP contribution in [0, 0.1) is 5.92 Å². The van der Waals surface area contributed by atoms with E-state index in [4.69, 9.17) is 10.6 Å². The second-order valence-corrected chi connectivity index (χ2v) is 3.29. The van der Waals surface area contributed by atoms with Crippen LogP contribution in [0.1, 0.15) is 19.3 Å². The zero-order valence-electron chi connectivity index (χ0n) is 5.95. The molecule has 3 rings (SSSR count). The Labute approximate surface area is 60.4 Å². The van der Waals surface area contributed by atoms with Gasteiger partial charge in [0.15, 0.2) is 0 Å². The van der Waals surface area contributed by atoms with Gasteiger partial charge < -0.3 is 9.57 Å². The quantitative estimate of drug-likeness (QED) is 0.570. The largest absolute Gasteiger partial charge is 0.375 e. The summed E-state index contributed by atoms with van der Waals surface area (Å²) in [5.74, 6) is 5.63. The summed E-state index contributed by atoms with van der Waals surface area (Å²) in [6, 6.07) is 0. The molecule has 2 atom stereocenters. The predicted molar refractivity (Wildman–Crippen MR) is 36.1 cm³/mol. The first-order valence-electron chi connectivity index (χ1n) is 3.85. The summed E-state index contributed by atoms with van der Waals surface area (Å²) in [4.78, 5) is 4.59. The van der Waals surface area contributed by atoms with Crippen LogP contribution >= 0.6 is 0 Å². The zero-order chi connectivity index (χ0) is 6.97. The molecule has 0 aromatic heterocycles. The van der Waals surface area contributed by atoms with Gasteiger partial charge in [0, 0.05) is 0 Å². The SMILES string of the molecule is NOCC1CC2CC(C1)O2. The van der Waals surface area contributed by atoms with E-state index < -0.39 is 0 Å². The van der Waals surface area contributed by atoms with Gasteiger partial charge in [0.1, 0.15) is 0 Å². The third-order valence-corrected chi connectivity index (χ3v) is 2.44. The number of fused-ring (bicyclic) bond motifs is 2. The summed E-state index contributed by atoms with van der Waals surface area (Å²) in [6.45, 7) is 0.705. The highest BCUT2D eigenvalue weighted by molar-refractivity contribution is 4.87. The molecule has 2 N–H and O–H groups in total. The minimum Gasteiger partial charge on any atom is -0.375 e. The fraction of sp³-hybridized carbons (Fsp3) is 1.00. The molecule has 2 heterocycles. The van der Waals surface area contributed by atoms with Gasteiger partial charge in [-0.25, -0.2) is 5.90 Å². The Morgan fingerprint density at radius 1 is 1.30 bits per heavy atom. The second kappa shape index (κ2) is 2.49. The standard InChI is InChI=1S/C7H13NO2/c8-9-4-5-1-6-3-7(2-5)10-6/h5-7H,1-4,8H2. The number of hydrogen-bond acceptors (Lipinski definition) is 3. The molecule has 2 aliphatic heterocycles. The molecule has 3 nitrogen and oxygen atoms in total. The molecule has 0 aromatic rings. The molecule has 10 heavy (non-hydrogen) atoms. The lowest BCUT2D eigenvalue weighted by atomic mass is 9.81. The molecule has 1 aliphatic carbocycles. The topological polar surface area (TPSA) is 44.5 Å². The Kier molecular flexibility index (Phi) is 1.64. The Bertz CT molecular complexity index is 113. The lowest BCUT2D eigenvalue weighted by Crippen LogP contribution is -2.46. The normalized spacial score (nSPS) is 44.7. The molecule has 3 aliphatic rings. The summed E-state index contributed by atoms with van der Waals surface area (Å²) in [7, 11) is 0. The molecule has 1 saturated carbocycles. The Hall–Kier alpha value is -0.120. The van der Waals surface area contributed by atoms with E-state index in [1.807, 2.05) is 0 Å². The zero-order valence-corrected chi connectivity index (χ0v) is 5.95. The number of ether oxygens (including phenoxy) is 1. The van der Waals surface area contributed by atoms with Crippen molar-refractivity contribution in [3.63, 3.8) is 0 Å². The fourth-order valence-electron chi connectivity index (χ4n) is 1.97. The van der Waals surface area contributed by atoms with Gasteiger partial charge in [0.25, 0.3) is 0 Å². The lowest BCUT2D eigenvalue weighted by Gasteiger charge is -2.44. The number of rotatable bonds is 2. The van der Waals surface area contributed by atoms with Crippen LogP contribution in [0.15, 0.2) is 0 Å². The maximum Gasteiger partial charge on any atom is 0.0709 e. The van der Waals surface area contributed by atoms with Gasteiger partial charge in [0.05, 0.1) is 18.8 Å². The van der Waals surface area contributed by atoms with Crippen molar-refractivity contribution in [2.75, 3.05) is 6.61 Å². The maximum absolute atomic E-state index is 5.46. The summed E-state index contributed by atoms with van der Waals surface area (Å²) < 4.78 is 5.46. The van der Waals surface area contributed by atoms with Crippen molar-refractivity contribution in [1.82, 2.24) is 0 Å². The van der Waals surface area contributed by atoms with Gasteiger partial charge in [0.2, 0.25) is 0 Å². The van der Waals surface area contributed by atoms with Crippen molar-refractivity contribution < 1.29 is 9.57 Å². The van der Waals surface area contributed by atoms with E-state index in [0.29, 0.717) is 24.7 Å². The average molecular weight is 143 g/mol. The molecular formula is C7H13NO2.